The van der Waals surface area contributed by atoms with E-state index in [9.17, 15) is 0 Å². The zero-order chi connectivity index (χ0) is 34.6. The van der Waals surface area contributed by atoms with E-state index in [-0.39, 0.29) is 5.92 Å². The summed E-state index contributed by atoms with van der Waals surface area (Å²) < 4.78 is 0. The molecule has 3 heteroatoms. The van der Waals surface area contributed by atoms with Crippen molar-refractivity contribution in [2.75, 3.05) is 11.6 Å². The van der Waals surface area contributed by atoms with Crippen LogP contribution < -0.4 is 16.0 Å². The third-order valence-electron chi connectivity index (χ3n) is 10.3. The molecule has 0 radical (unpaired) electrons. The van der Waals surface area contributed by atoms with Crippen LogP contribution in [0.5, 0.6) is 0 Å². The minimum Gasteiger partial charge on any atom is -0.371 e. The molecular weight excluding hydrogens is 619 g/mol. The summed E-state index contributed by atoms with van der Waals surface area (Å²) in [5, 5.41) is 3.60. The maximum Gasteiger partial charge on any atom is 0.0632 e. The van der Waals surface area contributed by atoms with Crippen LogP contribution in [0.15, 0.2) is 181 Å². The van der Waals surface area contributed by atoms with Gasteiger partial charge in [-0.1, -0.05) is 158 Å². The number of hydrogen-bond acceptors (Lipinski definition) is 3. The number of benzene rings is 6. The molecule has 2 aliphatic carbocycles. The van der Waals surface area contributed by atoms with E-state index in [1.54, 1.807) is 5.57 Å². The van der Waals surface area contributed by atoms with E-state index in [0.717, 1.165) is 41.2 Å². The SMILES string of the molecule is CC(/C(=C(\NCN)c1ccccc1)N(c1ccc(-c2ccccc2)cc1)c1ccc(-c2ccc3c(c2)CC2=C3C=CCC2)cc1)c1ccccc1. The summed E-state index contributed by atoms with van der Waals surface area (Å²) in [6, 6.07) is 56.9. The van der Waals surface area contributed by atoms with E-state index in [1.807, 2.05) is 0 Å². The lowest BCUT2D eigenvalue weighted by molar-refractivity contribution is 0.822. The van der Waals surface area contributed by atoms with E-state index < -0.39 is 0 Å². The van der Waals surface area contributed by atoms with Gasteiger partial charge >= 0.3 is 0 Å². The Morgan fingerprint density at radius 2 is 1.24 bits per heavy atom. The first-order valence-corrected chi connectivity index (χ1v) is 18.0. The quantitative estimate of drug-likeness (QED) is 0.144. The van der Waals surface area contributed by atoms with E-state index in [0.29, 0.717) is 6.67 Å². The van der Waals surface area contributed by atoms with Gasteiger partial charge in [0.05, 0.1) is 18.1 Å². The van der Waals surface area contributed by atoms with Gasteiger partial charge in [-0.25, -0.2) is 0 Å². The number of hydrogen-bond donors (Lipinski definition) is 2. The molecule has 0 saturated heterocycles. The summed E-state index contributed by atoms with van der Waals surface area (Å²) in [7, 11) is 0. The van der Waals surface area contributed by atoms with E-state index in [2.05, 4.69) is 187 Å². The van der Waals surface area contributed by atoms with Crippen molar-refractivity contribution in [2.45, 2.75) is 32.1 Å². The molecule has 8 rings (SSSR count). The number of nitrogens with one attached hydrogen (secondary N) is 1. The molecule has 0 fully saturated rings. The highest BCUT2D eigenvalue weighted by Crippen LogP contribution is 2.43. The Balaban J connectivity index is 1.26. The standard InChI is InChI=1S/C48H43N3/c1-34(35-13-5-2-6-14-35)48(47(50-33-49)39-17-9-4-10-18-39)51(43-26-21-37(22-27-43)36-15-7-3-8-16-36)44-28-23-38(24-29-44)40-25-30-46-42(31-40)32-41-19-11-12-20-45(41)46/h2-10,12-18,20-31,34,50H,11,19,32-33,49H2,1H3/b48-47+. The van der Waals surface area contributed by atoms with Crippen molar-refractivity contribution in [3.8, 4) is 22.3 Å². The fourth-order valence-corrected chi connectivity index (χ4v) is 7.72. The van der Waals surface area contributed by atoms with Crippen molar-refractivity contribution >= 4 is 22.6 Å². The van der Waals surface area contributed by atoms with Crippen molar-refractivity contribution in [3.63, 3.8) is 0 Å². The zero-order valence-corrected chi connectivity index (χ0v) is 29.1. The van der Waals surface area contributed by atoms with Crippen LogP contribution in [0.25, 0.3) is 33.5 Å². The second-order valence-electron chi connectivity index (χ2n) is 13.4. The van der Waals surface area contributed by atoms with Gasteiger partial charge in [0, 0.05) is 17.3 Å². The maximum atomic E-state index is 6.30. The van der Waals surface area contributed by atoms with Crippen molar-refractivity contribution in [1.29, 1.82) is 0 Å². The topological polar surface area (TPSA) is 41.3 Å². The predicted molar refractivity (Wildman–Crippen MR) is 215 cm³/mol. The summed E-state index contributed by atoms with van der Waals surface area (Å²) in [4.78, 5) is 2.41. The van der Waals surface area contributed by atoms with Gasteiger partial charge in [0.25, 0.3) is 0 Å². The van der Waals surface area contributed by atoms with Crippen LogP contribution >= 0.6 is 0 Å². The molecule has 1 atom stereocenters. The lowest BCUT2D eigenvalue weighted by atomic mass is 9.92. The van der Waals surface area contributed by atoms with Crippen molar-refractivity contribution in [1.82, 2.24) is 5.32 Å². The van der Waals surface area contributed by atoms with Crippen LogP contribution in [0, 0.1) is 0 Å². The molecule has 0 heterocycles. The van der Waals surface area contributed by atoms with Crippen molar-refractivity contribution in [3.05, 3.63) is 203 Å². The molecule has 51 heavy (non-hydrogen) atoms. The highest BCUT2D eigenvalue weighted by molar-refractivity contribution is 5.86. The molecule has 2 aliphatic rings. The van der Waals surface area contributed by atoms with Gasteiger partial charge in [0.1, 0.15) is 0 Å². The summed E-state index contributed by atoms with van der Waals surface area (Å²) >= 11 is 0. The Labute approximate surface area is 302 Å². The van der Waals surface area contributed by atoms with Crippen molar-refractivity contribution < 1.29 is 0 Å². The summed E-state index contributed by atoms with van der Waals surface area (Å²) in [6.07, 6.45) is 8.03. The number of nitrogens with two attached hydrogens (primary N) is 1. The van der Waals surface area contributed by atoms with Gasteiger partial charge in [-0.15, -0.1) is 0 Å². The second kappa shape index (κ2) is 14.5. The monoisotopic (exact) mass is 661 g/mol. The third kappa shape index (κ3) is 6.57. The van der Waals surface area contributed by atoms with E-state index >= 15 is 0 Å². The Bertz CT molecular complexity index is 2210. The summed E-state index contributed by atoms with van der Waals surface area (Å²) in [5.41, 5.74) is 23.6. The van der Waals surface area contributed by atoms with Crippen LogP contribution in [-0.2, 0) is 6.42 Å². The first kappa shape index (κ1) is 32.3. The molecule has 3 nitrogen and oxygen atoms in total. The molecule has 6 aromatic carbocycles. The fraction of sp³-hybridized carbons (Fsp3) is 0.125. The van der Waals surface area contributed by atoms with Gasteiger partial charge in [-0.3, -0.25) is 0 Å². The first-order valence-electron chi connectivity index (χ1n) is 18.0. The van der Waals surface area contributed by atoms with Crippen LogP contribution in [0.1, 0.15) is 47.9 Å². The Kier molecular flexibility index (Phi) is 9.20. The number of fused-ring (bicyclic) bond motifs is 2. The van der Waals surface area contributed by atoms with Gasteiger partial charge < -0.3 is 16.0 Å². The molecule has 6 aromatic rings. The third-order valence-corrected chi connectivity index (χ3v) is 10.3. The van der Waals surface area contributed by atoms with Crippen LogP contribution in [0.4, 0.5) is 11.4 Å². The Morgan fingerprint density at radius 1 is 0.667 bits per heavy atom. The Morgan fingerprint density at radius 3 is 1.88 bits per heavy atom. The molecule has 250 valence electrons. The van der Waals surface area contributed by atoms with Gasteiger partial charge in [0.2, 0.25) is 0 Å². The van der Waals surface area contributed by atoms with Gasteiger partial charge in [0.15, 0.2) is 0 Å². The van der Waals surface area contributed by atoms with Gasteiger partial charge in [-0.05, 0) is 93.6 Å². The van der Waals surface area contributed by atoms with Crippen LogP contribution in [-0.4, -0.2) is 6.67 Å². The minimum absolute atomic E-state index is 0.0261. The molecule has 0 amide bonds. The minimum atomic E-state index is 0.0261. The number of rotatable bonds is 10. The molecule has 0 saturated carbocycles. The highest BCUT2D eigenvalue weighted by atomic mass is 15.2. The maximum absolute atomic E-state index is 6.30. The first-order chi connectivity index (χ1) is 25.2. The molecule has 1 unspecified atom stereocenters. The number of allylic oxidation sites excluding steroid dienone is 5. The average molecular weight is 662 g/mol. The summed E-state index contributed by atoms with van der Waals surface area (Å²) in [6.45, 7) is 2.60. The Hall–Kier alpha value is -5.90. The predicted octanol–water partition coefficient (Wildman–Crippen LogP) is 11.5. The van der Waals surface area contributed by atoms with Gasteiger partial charge in [-0.2, -0.15) is 0 Å². The normalized spacial score (nSPS) is 14.4. The van der Waals surface area contributed by atoms with Crippen LogP contribution in [0.2, 0.25) is 0 Å². The molecular formula is C48H43N3. The molecule has 0 bridgehead atoms. The number of anilines is 2. The average Bonchev–Trinajstić information content (AvgIpc) is 3.58. The highest BCUT2D eigenvalue weighted by Gasteiger charge is 2.27. The number of nitrogens with zero attached hydrogens (tertiary/aromatic N) is 1. The summed E-state index contributed by atoms with van der Waals surface area (Å²) in [5.74, 6) is 0.0261. The molecule has 3 N–H and O–H groups in total. The molecule has 0 spiro atoms. The van der Waals surface area contributed by atoms with E-state index in [1.165, 1.54) is 50.9 Å². The molecule has 0 aromatic heterocycles. The second-order valence-corrected chi connectivity index (χ2v) is 13.4. The van der Waals surface area contributed by atoms with E-state index in [4.69, 9.17) is 5.73 Å². The lowest BCUT2D eigenvalue weighted by Gasteiger charge is -2.34. The largest absolute Gasteiger partial charge is 0.371 e. The lowest BCUT2D eigenvalue weighted by Crippen LogP contribution is -2.29. The molecule has 0 aliphatic heterocycles. The zero-order valence-electron chi connectivity index (χ0n) is 29.1. The fourth-order valence-electron chi connectivity index (χ4n) is 7.72. The van der Waals surface area contributed by atoms with Crippen LogP contribution in [0.3, 0.4) is 0 Å². The van der Waals surface area contributed by atoms with Crippen molar-refractivity contribution in [2.24, 2.45) is 5.73 Å². The smallest absolute Gasteiger partial charge is 0.0632 e.